The summed E-state index contributed by atoms with van der Waals surface area (Å²) >= 11 is 0. The van der Waals surface area contributed by atoms with Crippen molar-refractivity contribution < 1.29 is 4.74 Å². The number of H-pyrrole nitrogens is 1. The molecule has 0 saturated carbocycles. The lowest BCUT2D eigenvalue weighted by Gasteiger charge is -1.88. The molecule has 0 radical (unpaired) electrons. The Morgan fingerprint density at radius 2 is 2.50 bits per heavy atom. The standard InChI is InChI=1S/C5H10N4O/c1-10-3-5-7-4(2-6)8-9-5/h2-3,6H2,1H3,(H,7,8,9). The van der Waals surface area contributed by atoms with Crippen LogP contribution in [0.25, 0.3) is 0 Å². The summed E-state index contributed by atoms with van der Waals surface area (Å²) in [6.45, 7) is 0.813. The highest BCUT2D eigenvalue weighted by Gasteiger charge is 1.98. The van der Waals surface area contributed by atoms with Crippen molar-refractivity contribution in [2.24, 2.45) is 5.73 Å². The highest BCUT2D eigenvalue weighted by atomic mass is 16.5. The maximum Gasteiger partial charge on any atom is 0.164 e. The summed E-state index contributed by atoms with van der Waals surface area (Å²) < 4.78 is 4.81. The zero-order valence-corrected chi connectivity index (χ0v) is 5.79. The number of aromatic amines is 1. The minimum Gasteiger partial charge on any atom is -0.377 e. The Morgan fingerprint density at radius 3 is 3.00 bits per heavy atom. The molecule has 1 heterocycles. The number of aromatic nitrogens is 3. The number of nitrogens with zero attached hydrogens (tertiary/aromatic N) is 2. The van der Waals surface area contributed by atoms with E-state index < -0.39 is 0 Å². The molecule has 0 atom stereocenters. The van der Waals surface area contributed by atoms with Crippen molar-refractivity contribution in [3.05, 3.63) is 11.6 Å². The molecule has 0 aromatic carbocycles. The highest BCUT2D eigenvalue weighted by Crippen LogP contribution is 1.91. The number of methoxy groups -OCH3 is 1. The van der Waals surface area contributed by atoms with E-state index in [-0.39, 0.29) is 0 Å². The lowest BCUT2D eigenvalue weighted by atomic mass is 10.6. The molecule has 1 rings (SSSR count). The van der Waals surface area contributed by atoms with Gasteiger partial charge in [0.2, 0.25) is 0 Å². The van der Waals surface area contributed by atoms with Crippen LogP contribution in [-0.2, 0) is 17.9 Å². The number of hydrogen-bond acceptors (Lipinski definition) is 4. The summed E-state index contributed by atoms with van der Waals surface area (Å²) in [6.07, 6.45) is 0. The fourth-order valence-electron chi connectivity index (χ4n) is 0.627. The molecule has 0 aliphatic rings. The van der Waals surface area contributed by atoms with Gasteiger partial charge < -0.3 is 10.5 Å². The second-order valence-corrected chi connectivity index (χ2v) is 1.84. The largest absolute Gasteiger partial charge is 0.377 e. The van der Waals surface area contributed by atoms with Crippen molar-refractivity contribution in [1.29, 1.82) is 0 Å². The number of rotatable bonds is 3. The van der Waals surface area contributed by atoms with Crippen molar-refractivity contribution in [1.82, 2.24) is 15.2 Å². The van der Waals surface area contributed by atoms with E-state index in [1.54, 1.807) is 7.11 Å². The summed E-state index contributed by atoms with van der Waals surface area (Å²) in [5, 5.41) is 6.50. The maximum absolute atomic E-state index is 5.27. The predicted octanol–water partition coefficient (Wildman–Crippen LogP) is -0.590. The fraction of sp³-hybridized carbons (Fsp3) is 0.600. The Balaban J connectivity index is 2.59. The first kappa shape index (κ1) is 7.17. The molecule has 1 aromatic heterocycles. The molecule has 56 valence electrons. The lowest BCUT2D eigenvalue weighted by molar-refractivity contribution is 0.178. The Labute approximate surface area is 58.6 Å². The van der Waals surface area contributed by atoms with E-state index in [1.165, 1.54) is 0 Å². The molecule has 5 heteroatoms. The van der Waals surface area contributed by atoms with Crippen LogP contribution in [0.15, 0.2) is 0 Å². The molecule has 0 amide bonds. The molecule has 1 aromatic rings. The van der Waals surface area contributed by atoms with Gasteiger partial charge in [-0.1, -0.05) is 0 Å². The van der Waals surface area contributed by atoms with E-state index in [0.29, 0.717) is 24.8 Å². The van der Waals surface area contributed by atoms with Crippen LogP contribution < -0.4 is 5.73 Å². The minimum absolute atomic E-state index is 0.361. The van der Waals surface area contributed by atoms with E-state index in [4.69, 9.17) is 10.5 Å². The van der Waals surface area contributed by atoms with Crippen LogP contribution in [0.2, 0.25) is 0 Å². The van der Waals surface area contributed by atoms with Crippen molar-refractivity contribution >= 4 is 0 Å². The molecule has 0 bridgehead atoms. The molecule has 0 fully saturated rings. The lowest BCUT2D eigenvalue weighted by Crippen LogP contribution is -1.98. The predicted molar refractivity (Wildman–Crippen MR) is 35.0 cm³/mol. The van der Waals surface area contributed by atoms with Gasteiger partial charge in [-0.05, 0) is 0 Å². The normalized spacial score (nSPS) is 10.2. The van der Waals surface area contributed by atoms with Crippen LogP contribution in [0.3, 0.4) is 0 Å². The van der Waals surface area contributed by atoms with Crippen molar-refractivity contribution in [3.63, 3.8) is 0 Å². The smallest absolute Gasteiger partial charge is 0.164 e. The summed E-state index contributed by atoms with van der Waals surface area (Å²) in [4.78, 5) is 4.00. The molecule has 0 spiro atoms. The third-order valence-corrected chi connectivity index (χ3v) is 1.04. The van der Waals surface area contributed by atoms with Gasteiger partial charge in [-0.25, -0.2) is 4.98 Å². The topological polar surface area (TPSA) is 76.8 Å². The minimum atomic E-state index is 0.361. The van der Waals surface area contributed by atoms with E-state index >= 15 is 0 Å². The van der Waals surface area contributed by atoms with Gasteiger partial charge >= 0.3 is 0 Å². The number of nitrogens with two attached hydrogens (primary N) is 1. The average Bonchev–Trinajstić information content (AvgIpc) is 2.37. The van der Waals surface area contributed by atoms with Crippen LogP contribution in [0.1, 0.15) is 11.6 Å². The zero-order valence-electron chi connectivity index (χ0n) is 5.79. The van der Waals surface area contributed by atoms with E-state index in [2.05, 4.69) is 15.2 Å². The molecule has 5 nitrogen and oxygen atoms in total. The molecule has 0 aliphatic heterocycles. The van der Waals surface area contributed by atoms with Gasteiger partial charge in [-0.2, -0.15) is 5.10 Å². The highest BCUT2D eigenvalue weighted by molar-refractivity contribution is 4.87. The average molecular weight is 142 g/mol. The van der Waals surface area contributed by atoms with Crippen LogP contribution in [0, 0.1) is 0 Å². The van der Waals surface area contributed by atoms with Crippen molar-refractivity contribution in [2.75, 3.05) is 7.11 Å². The number of nitrogens with one attached hydrogen (secondary N) is 1. The first-order valence-corrected chi connectivity index (χ1v) is 2.96. The Bertz CT molecular complexity index is 197. The summed E-state index contributed by atoms with van der Waals surface area (Å²) in [6, 6.07) is 0. The van der Waals surface area contributed by atoms with Crippen LogP contribution in [0.4, 0.5) is 0 Å². The number of hydrogen-bond donors (Lipinski definition) is 2. The van der Waals surface area contributed by atoms with Crippen molar-refractivity contribution in [3.8, 4) is 0 Å². The first-order chi connectivity index (χ1) is 4.86. The van der Waals surface area contributed by atoms with Crippen LogP contribution in [-0.4, -0.2) is 22.3 Å². The second kappa shape index (κ2) is 3.28. The third kappa shape index (κ3) is 1.52. The van der Waals surface area contributed by atoms with Crippen molar-refractivity contribution in [2.45, 2.75) is 13.2 Å². The molecular weight excluding hydrogens is 132 g/mol. The van der Waals surface area contributed by atoms with Crippen LogP contribution >= 0.6 is 0 Å². The van der Waals surface area contributed by atoms with E-state index in [9.17, 15) is 0 Å². The van der Waals surface area contributed by atoms with E-state index in [1.807, 2.05) is 0 Å². The van der Waals surface area contributed by atoms with Gasteiger partial charge in [0.1, 0.15) is 6.61 Å². The van der Waals surface area contributed by atoms with Gasteiger partial charge in [0, 0.05) is 7.11 Å². The zero-order chi connectivity index (χ0) is 7.40. The monoisotopic (exact) mass is 142 g/mol. The Kier molecular flexibility index (Phi) is 2.35. The van der Waals surface area contributed by atoms with Gasteiger partial charge in [0.25, 0.3) is 0 Å². The quantitative estimate of drug-likeness (QED) is 0.591. The third-order valence-electron chi connectivity index (χ3n) is 1.04. The molecule has 10 heavy (non-hydrogen) atoms. The summed E-state index contributed by atoms with van der Waals surface area (Å²) in [5.74, 6) is 1.33. The molecular formula is C5H10N4O. The van der Waals surface area contributed by atoms with Gasteiger partial charge in [-0.3, -0.25) is 5.10 Å². The van der Waals surface area contributed by atoms with E-state index in [0.717, 1.165) is 0 Å². The van der Waals surface area contributed by atoms with Gasteiger partial charge in [0.05, 0.1) is 6.54 Å². The fourth-order valence-corrected chi connectivity index (χ4v) is 0.627. The van der Waals surface area contributed by atoms with Gasteiger partial charge in [0.15, 0.2) is 11.6 Å². The van der Waals surface area contributed by atoms with Gasteiger partial charge in [-0.15, -0.1) is 0 Å². The number of ether oxygens (including phenoxy) is 1. The Morgan fingerprint density at radius 1 is 1.70 bits per heavy atom. The maximum atomic E-state index is 5.27. The first-order valence-electron chi connectivity index (χ1n) is 2.96. The molecule has 0 saturated heterocycles. The summed E-state index contributed by atoms with van der Waals surface area (Å²) in [7, 11) is 1.60. The molecule has 3 N–H and O–H groups in total. The Hall–Kier alpha value is -0.940. The summed E-state index contributed by atoms with van der Waals surface area (Å²) in [5.41, 5.74) is 5.27. The SMILES string of the molecule is COCc1nc(CN)n[nH]1. The molecule has 0 unspecified atom stereocenters. The molecule has 0 aliphatic carbocycles. The van der Waals surface area contributed by atoms with Crippen LogP contribution in [0.5, 0.6) is 0 Å². The second-order valence-electron chi connectivity index (χ2n) is 1.84.